The molecule has 2 aliphatic rings. The number of likely N-dealkylation sites (tertiary alicyclic amines) is 1. The van der Waals surface area contributed by atoms with Gasteiger partial charge in [-0.1, -0.05) is 17.7 Å². The Hall–Kier alpha value is -3.23. The molecule has 174 valence electrons. The van der Waals surface area contributed by atoms with E-state index in [2.05, 4.69) is 0 Å². The van der Waals surface area contributed by atoms with E-state index in [1.807, 2.05) is 0 Å². The first kappa shape index (κ1) is 22.9. The van der Waals surface area contributed by atoms with Gasteiger partial charge in [0.05, 0.1) is 35.9 Å². The molecule has 8 nitrogen and oxygen atoms in total. The maximum absolute atomic E-state index is 13.2. The van der Waals surface area contributed by atoms with Gasteiger partial charge in [0.15, 0.2) is 11.5 Å². The minimum Gasteiger partial charge on any atom is -0.507 e. The van der Waals surface area contributed by atoms with Crippen molar-refractivity contribution in [3.05, 3.63) is 57.6 Å². The van der Waals surface area contributed by atoms with Gasteiger partial charge in [0.2, 0.25) is 0 Å². The summed E-state index contributed by atoms with van der Waals surface area (Å²) in [6.07, 6.45) is 0. The lowest BCUT2D eigenvalue weighted by atomic mass is 9.94. The van der Waals surface area contributed by atoms with Gasteiger partial charge in [-0.2, -0.15) is 0 Å². The van der Waals surface area contributed by atoms with Gasteiger partial charge in [-0.25, -0.2) is 0 Å². The molecular weight excluding hydrogens is 450 g/mol. The van der Waals surface area contributed by atoms with Crippen LogP contribution < -0.4 is 14.2 Å². The van der Waals surface area contributed by atoms with Crippen molar-refractivity contribution in [3.8, 4) is 17.2 Å². The van der Waals surface area contributed by atoms with Crippen molar-refractivity contribution in [1.82, 2.24) is 4.90 Å². The summed E-state index contributed by atoms with van der Waals surface area (Å²) in [7, 11) is 2.93. The van der Waals surface area contributed by atoms with E-state index in [-0.39, 0.29) is 40.8 Å². The molecule has 0 saturated carbocycles. The molecule has 4 rings (SSSR count). The number of methoxy groups -OCH3 is 2. The van der Waals surface area contributed by atoms with Crippen molar-refractivity contribution in [3.63, 3.8) is 0 Å². The fourth-order valence-electron chi connectivity index (χ4n) is 4.13. The predicted octanol–water partition coefficient (Wildman–Crippen LogP) is 3.50. The number of hydrogen-bond donors (Lipinski definition) is 1. The maximum Gasteiger partial charge on any atom is 0.295 e. The lowest BCUT2D eigenvalue weighted by Gasteiger charge is -2.27. The van der Waals surface area contributed by atoms with E-state index in [0.717, 1.165) is 5.56 Å². The minimum absolute atomic E-state index is 0.0623. The van der Waals surface area contributed by atoms with Crippen LogP contribution in [0, 0.1) is 6.92 Å². The van der Waals surface area contributed by atoms with Gasteiger partial charge in [-0.3, -0.25) is 9.59 Å². The number of nitrogens with zero attached hydrogens (tertiary/aromatic N) is 1. The van der Waals surface area contributed by atoms with E-state index in [1.165, 1.54) is 19.1 Å². The number of carbonyl (C=O) groups is 2. The van der Waals surface area contributed by atoms with Crippen LogP contribution in [0.2, 0.25) is 5.02 Å². The predicted molar refractivity (Wildman–Crippen MR) is 121 cm³/mol. The van der Waals surface area contributed by atoms with Crippen LogP contribution in [0.3, 0.4) is 0 Å². The quantitative estimate of drug-likeness (QED) is 0.390. The van der Waals surface area contributed by atoms with E-state index in [9.17, 15) is 14.7 Å². The third-order valence-electron chi connectivity index (χ3n) is 5.61. The van der Waals surface area contributed by atoms with Crippen molar-refractivity contribution in [2.45, 2.75) is 13.0 Å². The summed E-state index contributed by atoms with van der Waals surface area (Å²) in [5.41, 5.74) is 1.52. The number of carbonyl (C=O) groups excluding carboxylic acids is 2. The zero-order chi connectivity index (χ0) is 23.7. The first-order chi connectivity index (χ1) is 15.9. The van der Waals surface area contributed by atoms with Crippen molar-refractivity contribution < 1.29 is 33.6 Å². The number of aliphatic hydroxyl groups excluding tert-OH is 1. The SMILES string of the molecule is COCCN1C(=O)C(=O)/C(=C(/O)c2cc(C)cc(Cl)c2OC)C1c1ccc2c(c1)OCCO2. The Balaban J connectivity index is 1.92. The van der Waals surface area contributed by atoms with Crippen LogP contribution in [-0.4, -0.2) is 62.3 Å². The molecule has 2 aliphatic heterocycles. The summed E-state index contributed by atoms with van der Waals surface area (Å²) in [6, 6.07) is 7.68. The van der Waals surface area contributed by atoms with Gasteiger partial charge >= 0.3 is 0 Å². The fourth-order valence-corrected chi connectivity index (χ4v) is 4.49. The average Bonchev–Trinajstić information content (AvgIpc) is 3.06. The van der Waals surface area contributed by atoms with Crippen molar-refractivity contribution in [2.75, 3.05) is 40.6 Å². The van der Waals surface area contributed by atoms with Crippen LogP contribution in [0.15, 0.2) is 35.9 Å². The first-order valence-corrected chi connectivity index (χ1v) is 10.8. The molecule has 1 N–H and O–H groups in total. The summed E-state index contributed by atoms with van der Waals surface area (Å²) in [5.74, 6) is -0.605. The Morgan fingerprint density at radius 2 is 1.88 bits per heavy atom. The fraction of sp³-hybridized carbons (Fsp3) is 0.333. The summed E-state index contributed by atoms with van der Waals surface area (Å²) >= 11 is 6.31. The van der Waals surface area contributed by atoms with Crippen LogP contribution in [-0.2, 0) is 14.3 Å². The van der Waals surface area contributed by atoms with Crippen LogP contribution >= 0.6 is 11.6 Å². The summed E-state index contributed by atoms with van der Waals surface area (Å²) in [4.78, 5) is 27.5. The monoisotopic (exact) mass is 473 g/mol. The minimum atomic E-state index is -0.861. The second-order valence-corrected chi connectivity index (χ2v) is 8.12. The molecule has 1 amide bonds. The topological polar surface area (TPSA) is 94.5 Å². The number of aliphatic hydroxyl groups is 1. The molecule has 0 aliphatic carbocycles. The smallest absolute Gasteiger partial charge is 0.295 e. The highest BCUT2D eigenvalue weighted by molar-refractivity contribution is 6.46. The molecule has 0 bridgehead atoms. The largest absolute Gasteiger partial charge is 0.507 e. The molecule has 9 heteroatoms. The Morgan fingerprint density at radius 1 is 1.15 bits per heavy atom. The first-order valence-electron chi connectivity index (χ1n) is 10.4. The number of amides is 1. The molecule has 1 unspecified atom stereocenters. The van der Waals surface area contributed by atoms with Crippen LogP contribution in [0.25, 0.3) is 5.76 Å². The molecule has 2 aromatic rings. The van der Waals surface area contributed by atoms with Gasteiger partial charge < -0.3 is 29.0 Å². The van der Waals surface area contributed by atoms with Gasteiger partial charge in [0, 0.05) is 13.7 Å². The normalized spacial score (nSPS) is 19.2. The number of halogens is 1. The van der Waals surface area contributed by atoms with E-state index in [0.29, 0.717) is 30.3 Å². The molecule has 1 fully saturated rings. The Bertz CT molecular complexity index is 1140. The lowest BCUT2D eigenvalue weighted by Crippen LogP contribution is -2.32. The lowest BCUT2D eigenvalue weighted by molar-refractivity contribution is -0.140. The van der Waals surface area contributed by atoms with E-state index in [1.54, 1.807) is 37.3 Å². The second-order valence-electron chi connectivity index (χ2n) is 7.72. The Kier molecular flexibility index (Phi) is 6.49. The maximum atomic E-state index is 13.2. The van der Waals surface area contributed by atoms with Crippen LogP contribution in [0.5, 0.6) is 17.2 Å². The molecule has 1 atom stereocenters. The highest BCUT2D eigenvalue weighted by Crippen LogP contribution is 2.44. The molecule has 0 aromatic heterocycles. The average molecular weight is 474 g/mol. The number of fused-ring (bicyclic) bond motifs is 1. The second kappa shape index (κ2) is 9.33. The zero-order valence-electron chi connectivity index (χ0n) is 18.5. The van der Waals surface area contributed by atoms with Crippen molar-refractivity contribution in [1.29, 1.82) is 0 Å². The van der Waals surface area contributed by atoms with Crippen LogP contribution in [0.4, 0.5) is 0 Å². The number of rotatable bonds is 6. The number of Topliss-reactive ketones (excluding diaryl/α,β-unsaturated/α-hetero) is 1. The number of ether oxygens (including phenoxy) is 4. The van der Waals surface area contributed by atoms with Gasteiger partial charge in [0.1, 0.15) is 24.7 Å². The molecule has 0 spiro atoms. The van der Waals surface area contributed by atoms with Gasteiger partial charge in [-0.05, 0) is 42.3 Å². The standard InChI is InChI=1S/C24H24ClNO7/c1-13-10-15(23(31-3)16(25)11-13)21(27)19-20(26(6-7-30-2)24(29)22(19)28)14-4-5-17-18(12-14)33-9-8-32-17/h4-5,10-12,20,27H,6-9H2,1-3H3/b21-19+. The summed E-state index contributed by atoms with van der Waals surface area (Å²) < 4.78 is 21.8. The zero-order valence-corrected chi connectivity index (χ0v) is 19.3. The number of aryl methyl sites for hydroxylation is 1. The Labute approximate surface area is 196 Å². The van der Waals surface area contributed by atoms with E-state index < -0.39 is 17.7 Å². The van der Waals surface area contributed by atoms with Gasteiger partial charge in [0.25, 0.3) is 11.7 Å². The third kappa shape index (κ3) is 4.12. The Morgan fingerprint density at radius 3 is 2.58 bits per heavy atom. The number of ketones is 1. The van der Waals surface area contributed by atoms with Gasteiger partial charge in [-0.15, -0.1) is 0 Å². The van der Waals surface area contributed by atoms with Crippen molar-refractivity contribution in [2.24, 2.45) is 0 Å². The van der Waals surface area contributed by atoms with E-state index in [4.69, 9.17) is 30.5 Å². The van der Waals surface area contributed by atoms with Crippen molar-refractivity contribution >= 4 is 29.1 Å². The molecule has 33 heavy (non-hydrogen) atoms. The summed E-state index contributed by atoms with van der Waals surface area (Å²) in [5, 5.41) is 11.6. The third-order valence-corrected chi connectivity index (χ3v) is 5.89. The molecule has 2 aromatic carbocycles. The molecule has 0 radical (unpaired) electrons. The number of hydrogen-bond acceptors (Lipinski definition) is 7. The number of benzene rings is 2. The highest BCUT2D eigenvalue weighted by Gasteiger charge is 2.46. The molecular formula is C24H24ClNO7. The molecule has 1 saturated heterocycles. The van der Waals surface area contributed by atoms with Crippen LogP contribution in [0.1, 0.15) is 22.7 Å². The highest BCUT2D eigenvalue weighted by atomic mass is 35.5. The molecule has 2 heterocycles. The van der Waals surface area contributed by atoms with E-state index >= 15 is 0 Å². The summed E-state index contributed by atoms with van der Waals surface area (Å²) in [6.45, 7) is 3.00.